The lowest BCUT2D eigenvalue weighted by Gasteiger charge is -2.11. The molecule has 0 unspecified atom stereocenters. The van der Waals surface area contributed by atoms with E-state index in [1.54, 1.807) is 0 Å². The van der Waals surface area contributed by atoms with Crippen LogP contribution in [0.5, 0.6) is 0 Å². The van der Waals surface area contributed by atoms with Gasteiger partial charge in [0, 0.05) is 18.9 Å². The van der Waals surface area contributed by atoms with E-state index in [1.165, 1.54) is 0 Å². The van der Waals surface area contributed by atoms with Crippen LogP contribution >= 0.6 is 0 Å². The van der Waals surface area contributed by atoms with Gasteiger partial charge in [-0.2, -0.15) is 0 Å². The number of carbonyl (C=O) groups excluding carboxylic acids is 1. The minimum atomic E-state index is -0.616. The molecule has 0 saturated carbocycles. The number of aromatic amines is 1. The second kappa shape index (κ2) is 5.32. The lowest BCUT2D eigenvalue weighted by Crippen LogP contribution is -2.33. The molecule has 4 nitrogen and oxygen atoms in total. The molecule has 0 radical (unpaired) electrons. The van der Waals surface area contributed by atoms with Crippen LogP contribution in [-0.4, -0.2) is 10.9 Å². The zero-order chi connectivity index (χ0) is 12.1. The van der Waals surface area contributed by atoms with Crippen LogP contribution in [0.25, 0.3) is 0 Å². The lowest BCUT2D eigenvalue weighted by atomic mass is 10.1. The molecule has 1 amide bonds. The van der Waals surface area contributed by atoms with Crippen molar-refractivity contribution in [3.8, 4) is 0 Å². The average Bonchev–Trinajstić information content (AvgIpc) is 2.89. The molecule has 1 aromatic carbocycles. The fourth-order valence-corrected chi connectivity index (χ4v) is 1.58. The zero-order valence-corrected chi connectivity index (χ0v) is 9.39. The van der Waals surface area contributed by atoms with Gasteiger partial charge in [0.15, 0.2) is 0 Å². The number of carbonyl (C=O) groups is 1. The Labute approximate surface area is 99.8 Å². The van der Waals surface area contributed by atoms with Gasteiger partial charge in [0.2, 0.25) is 5.91 Å². The Morgan fingerprint density at radius 3 is 2.71 bits per heavy atom. The van der Waals surface area contributed by atoms with Gasteiger partial charge < -0.3 is 16.0 Å². The summed E-state index contributed by atoms with van der Waals surface area (Å²) in [5.41, 5.74) is 7.70. The number of amides is 1. The van der Waals surface area contributed by atoms with Crippen LogP contribution in [0, 0.1) is 0 Å². The fourth-order valence-electron chi connectivity index (χ4n) is 1.58. The van der Waals surface area contributed by atoms with E-state index in [9.17, 15) is 4.79 Å². The molecule has 2 rings (SSSR count). The van der Waals surface area contributed by atoms with E-state index in [-0.39, 0.29) is 5.91 Å². The Morgan fingerprint density at radius 2 is 2.06 bits per heavy atom. The second-order valence-electron chi connectivity index (χ2n) is 3.83. The first-order valence-electron chi connectivity index (χ1n) is 5.47. The molecule has 2 aromatic rings. The number of aromatic nitrogens is 1. The van der Waals surface area contributed by atoms with Gasteiger partial charge in [0.1, 0.15) is 6.04 Å². The van der Waals surface area contributed by atoms with Crippen LogP contribution in [-0.2, 0) is 11.3 Å². The average molecular weight is 229 g/mol. The summed E-state index contributed by atoms with van der Waals surface area (Å²) in [7, 11) is 0. The Balaban J connectivity index is 1.92. The summed E-state index contributed by atoms with van der Waals surface area (Å²) in [6.45, 7) is 0.489. The van der Waals surface area contributed by atoms with E-state index >= 15 is 0 Å². The smallest absolute Gasteiger partial charge is 0.241 e. The number of rotatable bonds is 4. The molecule has 0 spiro atoms. The molecule has 0 aliphatic rings. The summed E-state index contributed by atoms with van der Waals surface area (Å²) in [4.78, 5) is 14.7. The fraction of sp³-hybridized carbons (Fsp3) is 0.154. The quantitative estimate of drug-likeness (QED) is 0.740. The van der Waals surface area contributed by atoms with Gasteiger partial charge in [-0.15, -0.1) is 0 Å². The Hall–Kier alpha value is -2.07. The maximum absolute atomic E-state index is 11.8. The molecule has 4 N–H and O–H groups in total. The number of nitrogens with one attached hydrogen (secondary N) is 2. The molecule has 88 valence electrons. The third-order valence-corrected chi connectivity index (χ3v) is 2.57. The van der Waals surface area contributed by atoms with Crippen LogP contribution in [0.4, 0.5) is 0 Å². The molecule has 1 heterocycles. The van der Waals surface area contributed by atoms with Crippen LogP contribution in [0.15, 0.2) is 48.8 Å². The summed E-state index contributed by atoms with van der Waals surface area (Å²) in [6.07, 6.45) is 3.66. The molecule has 1 atom stereocenters. The summed E-state index contributed by atoms with van der Waals surface area (Å²) in [5.74, 6) is -0.169. The monoisotopic (exact) mass is 229 g/mol. The van der Waals surface area contributed by atoms with Crippen LogP contribution < -0.4 is 11.1 Å². The molecule has 0 bridgehead atoms. The zero-order valence-electron chi connectivity index (χ0n) is 9.39. The van der Waals surface area contributed by atoms with Gasteiger partial charge in [0.25, 0.3) is 0 Å². The predicted octanol–water partition coefficient (Wildman–Crippen LogP) is 1.33. The van der Waals surface area contributed by atoms with Crippen molar-refractivity contribution in [1.82, 2.24) is 10.3 Å². The van der Waals surface area contributed by atoms with E-state index in [0.717, 1.165) is 11.1 Å². The van der Waals surface area contributed by atoms with Gasteiger partial charge in [0.05, 0.1) is 0 Å². The van der Waals surface area contributed by atoms with Crippen molar-refractivity contribution >= 4 is 5.91 Å². The lowest BCUT2D eigenvalue weighted by molar-refractivity contribution is -0.122. The Bertz CT molecular complexity index is 465. The standard InChI is InChI=1S/C13H15N3O/c14-12(11-4-2-1-3-5-11)13(17)16-9-10-6-7-15-8-10/h1-8,12,15H,9,14H2,(H,16,17)/t12-/m0/s1. The molecular formula is C13H15N3O. The molecule has 4 heteroatoms. The number of nitrogens with two attached hydrogens (primary N) is 1. The normalized spacial score (nSPS) is 12.1. The van der Waals surface area contributed by atoms with Crippen LogP contribution in [0.2, 0.25) is 0 Å². The van der Waals surface area contributed by atoms with Gasteiger partial charge in [-0.05, 0) is 17.2 Å². The third-order valence-electron chi connectivity index (χ3n) is 2.57. The largest absolute Gasteiger partial charge is 0.367 e. The summed E-state index contributed by atoms with van der Waals surface area (Å²) in [6, 6.07) is 10.6. The highest BCUT2D eigenvalue weighted by Crippen LogP contribution is 2.09. The van der Waals surface area contributed by atoms with Crippen LogP contribution in [0.3, 0.4) is 0 Å². The number of H-pyrrole nitrogens is 1. The molecule has 0 fully saturated rings. The molecule has 0 saturated heterocycles. The van der Waals surface area contributed by atoms with Crippen molar-refractivity contribution in [2.75, 3.05) is 0 Å². The molecular weight excluding hydrogens is 214 g/mol. The van der Waals surface area contributed by atoms with Crippen molar-refractivity contribution in [1.29, 1.82) is 0 Å². The maximum atomic E-state index is 11.8. The van der Waals surface area contributed by atoms with E-state index in [0.29, 0.717) is 6.54 Å². The number of hydrogen-bond donors (Lipinski definition) is 3. The summed E-state index contributed by atoms with van der Waals surface area (Å²) >= 11 is 0. The van der Waals surface area contributed by atoms with Crippen molar-refractivity contribution in [2.24, 2.45) is 5.73 Å². The first-order valence-corrected chi connectivity index (χ1v) is 5.47. The second-order valence-corrected chi connectivity index (χ2v) is 3.83. The minimum Gasteiger partial charge on any atom is -0.367 e. The number of benzene rings is 1. The first-order chi connectivity index (χ1) is 8.27. The summed E-state index contributed by atoms with van der Waals surface area (Å²) in [5, 5.41) is 2.80. The molecule has 1 aromatic heterocycles. The van der Waals surface area contributed by atoms with Gasteiger partial charge in [-0.3, -0.25) is 4.79 Å². The van der Waals surface area contributed by atoms with Gasteiger partial charge in [-0.25, -0.2) is 0 Å². The van der Waals surface area contributed by atoms with Crippen molar-refractivity contribution in [3.63, 3.8) is 0 Å². The third kappa shape index (κ3) is 2.95. The minimum absolute atomic E-state index is 0.169. The SMILES string of the molecule is N[C@H](C(=O)NCc1cc[nH]c1)c1ccccc1. The highest BCUT2D eigenvalue weighted by Gasteiger charge is 2.14. The molecule has 17 heavy (non-hydrogen) atoms. The van der Waals surface area contributed by atoms with Gasteiger partial charge in [-0.1, -0.05) is 30.3 Å². The highest BCUT2D eigenvalue weighted by atomic mass is 16.2. The Kier molecular flexibility index (Phi) is 3.57. The van der Waals surface area contributed by atoms with Crippen molar-refractivity contribution in [3.05, 3.63) is 59.9 Å². The van der Waals surface area contributed by atoms with E-state index in [2.05, 4.69) is 10.3 Å². The highest BCUT2D eigenvalue weighted by molar-refractivity contribution is 5.82. The molecule has 0 aliphatic heterocycles. The maximum Gasteiger partial charge on any atom is 0.241 e. The van der Waals surface area contributed by atoms with Crippen LogP contribution in [0.1, 0.15) is 17.2 Å². The van der Waals surface area contributed by atoms with E-state index in [1.807, 2.05) is 48.8 Å². The van der Waals surface area contributed by atoms with Gasteiger partial charge >= 0.3 is 0 Å². The van der Waals surface area contributed by atoms with E-state index < -0.39 is 6.04 Å². The van der Waals surface area contributed by atoms with E-state index in [4.69, 9.17) is 5.73 Å². The first kappa shape index (κ1) is 11.4. The summed E-state index contributed by atoms with van der Waals surface area (Å²) < 4.78 is 0. The molecule has 0 aliphatic carbocycles. The predicted molar refractivity (Wildman–Crippen MR) is 66.0 cm³/mol. The van der Waals surface area contributed by atoms with Crippen molar-refractivity contribution in [2.45, 2.75) is 12.6 Å². The number of hydrogen-bond acceptors (Lipinski definition) is 2. The Morgan fingerprint density at radius 1 is 1.29 bits per heavy atom. The topological polar surface area (TPSA) is 70.9 Å². The van der Waals surface area contributed by atoms with Crippen molar-refractivity contribution < 1.29 is 4.79 Å².